The Kier molecular flexibility index (Phi) is 18.3. The van der Waals surface area contributed by atoms with Gasteiger partial charge in [0.15, 0.2) is 0 Å². The maximum absolute atomic E-state index is 14.1. The summed E-state index contributed by atoms with van der Waals surface area (Å²) in [5.74, 6) is -1.87. The van der Waals surface area contributed by atoms with Crippen molar-refractivity contribution >= 4 is 23.9 Å². The first-order chi connectivity index (χ1) is 50.1. The Bertz CT molecular complexity index is 4940. The summed E-state index contributed by atoms with van der Waals surface area (Å²) in [5.41, 5.74) is 15.9. The summed E-state index contributed by atoms with van der Waals surface area (Å²) in [4.78, 5) is 84.6. The van der Waals surface area contributed by atoms with E-state index in [-0.39, 0.29) is 45.3 Å². The zero-order chi connectivity index (χ0) is 69.1. The van der Waals surface area contributed by atoms with Gasteiger partial charge >= 0.3 is 23.9 Å². The minimum absolute atomic E-state index is 0.115. The molecule has 0 saturated heterocycles. The number of hydrogen-bond donors (Lipinski definition) is 0. The van der Waals surface area contributed by atoms with E-state index in [0.717, 1.165) is 78.1 Å². The normalized spacial score (nSPS) is 10.9. The molecule has 9 aromatic carbocycles. The molecule has 0 radical (unpaired) electrons. The first-order valence-electron chi connectivity index (χ1n) is 32.6. The summed E-state index contributed by atoms with van der Waals surface area (Å²) in [5, 5.41) is 0. The van der Waals surface area contributed by atoms with Crippen molar-refractivity contribution in [3.05, 3.63) is 363 Å². The van der Waals surface area contributed by atoms with E-state index < -0.39 is 23.9 Å². The molecule has 102 heavy (non-hydrogen) atoms. The largest absolute Gasteiger partial charge is 0.421 e. The lowest BCUT2D eigenvalue weighted by Gasteiger charge is -2.14. The second kappa shape index (κ2) is 29.2. The third-order valence-electron chi connectivity index (χ3n) is 17.0. The topological polar surface area (TPSA) is 183 Å². The van der Waals surface area contributed by atoms with Gasteiger partial charge in [0.25, 0.3) is 0 Å². The third kappa shape index (κ3) is 14.6. The van der Waals surface area contributed by atoms with Crippen LogP contribution in [0.5, 0.6) is 23.0 Å². The van der Waals surface area contributed by atoms with Gasteiger partial charge in [0.05, 0.1) is 81.2 Å². The van der Waals surface area contributed by atoms with Crippen LogP contribution >= 0.6 is 0 Å². The van der Waals surface area contributed by atoms with Crippen molar-refractivity contribution < 1.29 is 38.1 Å². The average Bonchev–Trinajstić information content (AvgIpc) is 0.793. The first kappa shape index (κ1) is 63.8. The smallest absolute Gasteiger partial charge is 0.343 e. The van der Waals surface area contributed by atoms with Crippen LogP contribution in [0, 0.1) is 0 Å². The molecule has 0 amide bonds. The van der Waals surface area contributed by atoms with Crippen LogP contribution in [-0.4, -0.2) is 53.8 Å². The molecule has 0 spiro atoms. The van der Waals surface area contributed by atoms with Gasteiger partial charge in [-0.1, -0.05) is 206 Å². The molecule has 0 aliphatic heterocycles. The lowest BCUT2D eigenvalue weighted by atomic mass is 9.92. The van der Waals surface area contributed by atoms with Crippen LogP contribution in [0.1, 0.15) is 41.4 Å². The Morgan fingerprint density at radius 1 is 0.186 bits per heavy atom. The standard InChI is InChI=1S/C88H56N6O8/c95-85(99-71-35-41-81(91-53-71)57-17-5-1-6-18-57)67-45-65(46-68(49-67)86(96)100-72-36-42-82(92-54-72)58-19-7-2-8-20-58)77-27-15-13-25-75(77)63-33-39-79(89-51-63)61-29-31-62(32-30-61)80-40-34-64(52-90-80)76-26-14-16-28-78(76)66-47-69(87(97)101-73-37-43-83(93-55-73)59-21-9-3-10-22-59)50-70(48-66)88(98)102-74-38-44-84(94-56-74)60-23-11-4-12-24-60/h1-56H. The van der Waals surface area contributed by atoms with E-state index >= 15 is 0 Å². The zero-order valence-corrected chi connectivity index (χ0v) is 54.3. The number of carbonyl (C=O) groups excluding carboxylic acids is 4. The molecule has 0 atom stereocenters. The average molecular weight is 1330 g/mol. The van der Waals surface area contributed by atoms with E-state index in [1.165, 1.54) is 36.9 Å². The van der Waals surface area contributed by atoms with Crippen molar-refractivity contribution in [2.75, 3.05) is 0 Å². The minimum atomic E-state index is -0.697. The van der Waals surface area contributed by atoms with Crippen LogP contribution in [0.4, 0.5) is 0 Å². The van der Waals surface area contributed by atoms with Gasteiger partial charge in [-0.15, -0.1) is 0 Å². The molecule has 0 bridgehead atoms. The molecule has 6 aromatic heterocycles. The van der Waals surface area contributed by atoms with Crippen molar-refractivity contribution in [3.63, 3.8) is 0 Å². The molecular formula is C88H56N6O8. The van der Waals surface area contributed by atoms with Gasteiger partial charge in [0.1, 0.15) is 23.0 Å². The predicted molar refractivity (Wildman–Crippen MR) is 393 cm³/mol. The number of esters is 4. The van der Waals surface area contributed by atoms with Gasteiger partial charge in [-0.2, -0.15) is 0 Å². The molecule has 15 rings (SSSR count). The highest BCUT2D eigenvalue weighted by molar-refractivity contribution is 6.02. The maximum atomic E-state index is 14.1. The number of ether oxygens (including phenoxy) is 4. The Morgan fingerprint density at radius 3 is 0.618 bits per heavy atom. The fourth-order valence-corrected chi connectivity index (χ4v) is 11.8. The van der Waals surface area contributed by atoms with Crippen LogP contribution in [0.2, 0.25) is 0 Å². The first-order valence-corrected chi connectivity index (χ1v) is 32.6. The fourth-order valence-electron chi connectivity index (χ4n) is 11.8. The molecule has 0 N–H and O–H groups in total. The molecule has 0 fully saturated rings. The highest BCUT2D eigenvalue weighted by atomic mass is 16.5. The summed E-state index contributed by atoms with van der Waals surface area (Å²) in [6, 6.07) is 93.5. The van der Waals surface area contributed by atoms with Crippen molar-refractivity contribution in [1.29, 1.82) is 0 Å². The fraction of sp³-hybridized carbons (Fsp3) is 0. The highest BCUT2D eigenvalue weighted by Crippen LogP contribution is 2.38. The van der Waals surface area contributed by atoms with Crippen molar-refractivity contribution in [3.8, 4) is 135 Å². The Balaban J connectivity index is 0.670. The van der Waals surface area contributed by atoms with Crippen molar-refractivity contribution in [2.24, 2.45) is 0 Å². The molecule has 0 aliphatic rings. The van der Waals surface area contributed by atoms with E-state index in [1.54, 1.807) is 85.2 Å². The molecule has 486 valence electrons. The van der Waals surface area contributed by atoms with Crippen molar-refractivity contribution in [2.45, 2.75) is 0 Å². The quantitative estimate of drug-likeness (QED) is 0.0740. The third-order valence-corrected chi connectivity index (χ3v) is 17.0. The molecule has 0 saturated carbocycles. The molecule has 6 heterocycles. The van der Waals surface area contributed by atoms with Crippen LogP contribution in [-0.2, 0) is 0 Å². The molecule has 0 unspecified atom stereocenters. The molecule has 15 aromatic rings. The number of carbonyl (C=O) groups is 4. The highest BCUT2D eigenvalue weighted by Gasteiger charge is 2.23. The van der Waals surface area contributed by atoms with Crippen LogP contribution < -0.4 is 18.9 Å². The van der Waals surface area contributed by atoms with E-state index in [1.807, 2.05) is 218 Å². The van der Waals surface area contributed by atoms with Gasteiger partial charge < -0.3 is 18.9 Å². The number of aromatic nitrogens is 6. The molecule has 14 heteroatoms. The van der Waals surface area contributed by atoms with Gasteiger partial charge in [-0.25, -0.2) is 19.2 Å². The SMILES string of the molecule is O=C(Oc1ccc(-c2ccccc2)nc1)c1cc(C(=O)Oc2ccc(-c3ccccc3)nc2)cc(-c2ccccc2-c2ccc(-c3ccc(-c4ccc(-c5ccccc5-c5cc(C(=O)Oc6ccc(-c7ccccc7)nc6)cc(C(=O)Oc6ccc(-c7ccccc7)nc6)c5)cn4)cc3)nc2)c1. The number of pyridine rings is 6. The van der Waals surface area contributed by atoms with Gasteiger partial charge in [-0.05, 0) is 130 Å². The van der Waals surface area contributed by atoms with Crippen LogP contribution in [0.25, 0.3) is 112 Å². The van der Waals surface area contributed by atoms with Crippen LogP contribution in [0.3, 0.4) is 0 Å². The Hall–Kier alpha value is -14.2. The van der Waals surface area contributed by atoms with E-state index in [9.17, 15) is 19.2 Å². The van der Waals surface area contributed by atoms with E-state index in [4.69, 9.17) is 28.9 Å². The summed E-state index contributed by atoms with van der Waals surface area (Å²) < 4.78 is 23.6. The lowest BCUT2D eigenvalue weighted by molar-refractivity contribution is 0.0715. The number of nitrogens with zero attached hydrogens (tertiary/aromatic N) is 6. The zero-order valence-electron chi connectivity index (χ0n) is 54.3. The molecular weight excluding hydrogens is 1270 g/mol. The van der Waals surface area contributed by atoms with E-state index in [2.05, 4.69) is 19.9 Å². The van der Waals surface area contributed by atoms with Gasteiger partial charge in [-0.3, -0.25) is 29.9 Å². The number of hydrogen-bond acceptors (Lipinski definition) is 14. The number of rotatable bonds is 18. The second-order valence-electron chi connectivity index (χ2n) is 23.7. The Morgan fingerprint density at radius 2 is 0.392 bits per heavy atom. The summed E-state index contributed by atoms with van der Waals surface area (Å²) in [7, 11) is 0. The van der Waals surface area contributed by atoms with Crippen LogP contribution in [0.15, 0.2) is 340 Å². The molecule has 0 aliphatic carbocycles. The second-order valence-corrected chi connectivity index (χ2v) is 23.7. The van der Waals surface area contributed by atoms with Crippen molar-refractivity contribution in [1.82, 2.24) is 29.9 Å². The summed E-state index contributed by atoms with van der Waals surface area (Å²) in [6.45, 7) is 0. The molecule has 14 nitrogen and oxygen atoms in total. The maximum Gasteiger partial charge on any atom is 0.343 e. The summed E-state index contributed by atoms with van der Waals surface area (Å²) >= 11 is 0. The minimum Gasteiger partial charge on any atom is -0.421 e. The van der Waals surface area contributed by atoms with E-state index in [0.29, 0.717) is 33.9 Å². The summed E-state index contributed by atoms with van der Waals surface area (Å²) in [6.07, 6.45) is 9.57. The predicted octanol–water partition coefficient (Wildman–Crippen LogP) is 19.6. The van der Waals surface area contributed by atoms with Gasteiger partial charge in [0.2, 0.25) is 0 Å². The van der Waals surface area contributed by atoms with Gasteiger partial charge in [0, 0.05) is 56.9 Å². The lowest BCUT2D eigenvalue weighted by Crippen LogP contribution is -2.13. The monoisotopic (exact) mass is 1320 g/mol. The number of benzene rings is 9. The Labute approximate surface area is 586 Å².